The number of benzene rings is 3. The molecule has 6 aromatic rings. The SMILES string of the molecule is CCn1cc(C(=O)Nc2cncc(-c3nc4cc(Br)ccc4s3)c2)c(=O)c2cc(F)c(N3CCN(C(=O)CCc4ccccc4)CC3)cc21. The van der Waals surface area contributed by atoms with Crippen molar-refractivity contribution in [3.63, 3.8) is 0 Å². The summed E-state index contributed by atoms with van der Waals surface area (Å²) in [7, 11) is 0. The van der Waals surface area contributed by atoms with Crippen LogP contribution in [0.1, 0.15) is 29.3 Å². The number of carbonyl (C=O) groups excluding carboxylic acids is 2. The lowest BCUT2D eigenvalue weighted by Gasteiger charge is -2.36. The molecule has 1 aliphatic rings. The summed E-state index contributed by atoms with van der Waals surface area (Å²) in [5.74, 6) is -1.08. The molecule has 7 rings (SSSR count). The molecular formula is C37H32BrFN6O3S. The van der Waals surface area contributed by atoms with Crippen LogP contribution in [0, 0.1) is 5.82 Å². The number of nitrogens with zero attached hydrogens (tertiary/aromatic N) is 5. The number of hydrogen-bond donors (Lipinski definition) is 1. The summed E-state index contributed by atoms with van der Waals surface area (Å²) in [5.41, 5.74) is 3.35. The number of pyridine rings is 2. The maximum atomic E-state index is 15.7. The van der Waals surface area contributed by atoms with E-state index in [0.717, 1.165) is 30.8 Å². The van der Waals surface area contributed by atoms with E-state index < -0.39 is 17.2 Å². The number of aryl methyl sites for hydroxylation is 2. The zero-order valence-corrected chi connectivity index (χ0v) is 29.1. The van der Waals surface area contributed by atoms with Gasteiger partial charge < -0.3 is 19.7 Å². The topological polar surface area (TPSA) is 100 Å². The van der Waals surface area contributed by atoms with Gasteiger partial charge in [-0.25, -0.2) is 9.37 Å². The van der Waals surface area contributed by atoms with Gasteiger partial charge in [-0.15, -0.1) is 11.3 Å². The van der Waals surface area contributed by atoms with Gasteiger partial charge in [0.15, 0.2) is 0 Å². The van der Waals surface area contributed by atoms with E-state index >= 15 is 4.39 Å². The molecule has 1 saturated heterocycles. The van der Waals surface area contributed by atoms with Gasteiger partial charge in [0.25, 0.3) is 5.91 Å². The van der Waals surface area contributed by atoms with Crippen molar-refractivity contribution < 1.29 is 14.0 Å². The lowest BCUT2D eigenvalue weighted by atomic mass is 10.1. The van der Waals surface area contributed by atoms with Gasteiger partial charge in [-0.05, 0) is 55.3 Å². The monoisotopic (exact) mass is 738 g/mol. The van der Waals surface area contributed by atoms with Gasteiger partial charge in [0, 0.05) is 67.0 Å². The second-order valence-electron chi connectivity index (χ2n) is 11.9. The molecule has 248 valence electrons. The van der Waals surface area contributed by atoms with E-state index in [0.29, 0.717) is 62.5 Å². The number of thiazole rings is 1. The quantitative estimate of drug-likeness (QED) is 0.178. The number of nitrogens with one attached hydrogen (secondary N) is 1. The van der Waals surface area contributed by atoms with Gasteiger partial charge in [-0.3, -0.25) is 19.4 Å². The first-order valence-electron chi connectivity index (χ1n) is 16.0. The van der Waals surface area contributed by atoms with Crippen molar-refractivity contribution in [2.24, 2.45) is 0 Å². The number of aromatic nitrogens is 3. The van der Waals surface area contributed by atoms with E-state index in [-0.39, 0.29) is 16.9 Å². The minimum atomic E-state index is -0.612. The smallest absolute Gasteiger partial charge is 0.261 e. The van der Waals surface area contributed by atoms with E-state index in [1.807, 2.05) is 65.3 Å². The van der Waals surface area contributed by atoms with Crippen molar-refractivity contribution in [3.05, 3.63) is 117 Å². The number of amides is 2. The van der Waals surface area contributed by atoms with Crippen LogP contribution in [0.5, 0.6) is 0 Å². The molecule has 49 heavy (non-hydrogen) atoms. The van der Waals surface area contributed by atoms with Gasteiger partial charge in [0.2, 0.25) is 11.3 Å². The zero-order valence-electron chi connectivity index (χ0n) is 26.7. The third-order valence-electron chi connectivity index (χ3n) is 8.77. The summed E-state index contributed by atoms with van der Waals surface area (Å²) in [4.78, 5) is 52.7. The number of hydrogen-bond acceptors (Lipinski definition) is 7. The largest absolute Gasteiger partial charge is 0.366 e. The third-order valence-corrected chi connectivity index (χ3v) is 10.3. The van der Waals surface area contributed by atoms with Crippen LogP contribution in [0.2, 0.25) is 0 Å². The van der Waals surface area contributed by atoms with Crippen molar-refractivity contribution in [1.82, 2.24) is 19.4 Å². The van der Waals surface area contributed by atoms with E-state index in [1.54, 1.807) is 22.9 Å². The minimum absolute atomic E-state index is 0.0840. The first-order valence-corrected chi connectivity index (χ1v) is 17.6. The second kappa shape index (κ2) is 13.9. The highest BCUT2D eigenvalue weighted by molar-refractivity contribution is 9.10. The van der Waals surface area contributed by atoms with Crippen molar-refractivity contribution in [3.8, 4) is 10.6 Å². The summed E-state index contributed by atoms with van der Waals surface area (Å²) >= 11 is 4.99. The van der Waals surface area contributed by atoms with Gasteiger partial charge in [-0.2, -0.15) is 0 Å². The molecule has 3 aromatic heterocycles. The predicted molar refractivity (Wildman–Crippen MR) is 196 cm³/mol. The maximum absolute atomic E-state index is 15.7. The molecule has 1 fully saturated rings. The average molecular weight is 740 g/mol. The molecule has 0 radical (unpaired) electrons. The van der Waals surface area contributed by atoms with Crippen LogP contribution in [0.4, 0.5) is 15.8 Å². The Labute approximate surface area is 294 Å². The van der Waals surface area contributed by atoms with Crippen LogP contribution in [-0.4, -0.2) is 57.4 Å². The molecule has 0 aliphatic carbocycles. The van der Waals surface area contributed by atoms with Crippen LogP contribution in [0.3, 0.4) is 0 Å². The first-order chi connectivity index (χ1) is 23.8. The van der Waals surface area contributed by atoms with Crippen LogP contribution in [0.15, 0.2) is 94.6 Å². The molecule has 2 amide bonds. The fourth-order valence-electron chi connectivity index (χ4n) is 6.16. The molecule has 0 unspecified atom stereocenters. The Balaban J connectivity index is 1.08. The number of piperazine rings is 1. The summed E-state index contributed by atoms with van der Waals surface area (Å²) in [6.07, 6.45) is 5.81. The van der Waals surface area contributed by atoms with Crippen LogP contribution in [0.25, 0.3) is 31.7 Å². The molecule has 12 heteroatoms. The summed E-state index contributed by atoms with van der Waals surface area (Å²) in [5, 5.41) is 3.67. The molecule has 1 aliphatic heterocycles. The van der Waals surface area contributed by atoms with Crippen molar-refractivity contribution >= 4 is 71.6 Å². The van der Waals surface area contributed by atoms with Gasteiger partial charge in [-0.1, -0.05) is 46.3 Å². The Hall–Kier alpha value is -4.94. The summed E-state index contributed by atoms with van der Waals surface area (Å²) in [6.45, 7) is 4.26. The molecular weight excluding hydrogens is 707 g/mol. The van der Waals surface area contributed by atoms with Crippen LogP contribution in [-0.2, 0) is 17.8 Å². The molecule has 1 N–H and O–H groups in total. The normalized spacial score (nSPS) is 13.3. The Morgan fingerprint density at radius 1 is 1.00 bits per heavy atom. The van der Waals surface area contributed by atoms with E-state index in [4.69, 9.17) is 4.98 Å². The number of anilines is 2. The second-order valence-corrected chi connectivity index (χ2v) is 13.8. The first kappa shape index (κ1) is 32.6. The molecule has 0 atom stereocenters. The molecule has 4 heterocycles. The molecule has 0 saturated carbocycles. The van der Waals surface area contributed by atoms with E-state index in [1.165, 1.54) is 29.8 Å². The number of rotatable bonds is 8. The van der Waals surface area contributed by atoms with Crippen molar-refractivity contribution in [2.75, 3.05) is 36.4 Å². The van der Waals surface area contributed by atoms with E-state index in [9.17, 15) is 14.4 Å². The minimum Gasteiger partial charge on any atom is -0.366 e. The fourth-order valence-corrected chi connectivity index (χ4v) is 7.44. The Morgan fingerprint density at radius 3 is 2.57 bits per heavy atom. The molecule has 9 nitrogen and oxygen atoms in total. The highest BCUT2D eigenvalue weighted by Crippen LogP contribution is 2.32. The zero-order chi connectivity index (χ0) is 34.1. The summed E-state index contributed by atoms with van der Waals surface area (Å²) in [6, 6.07) is 20.5. The van der Waals surface area contributed by atoms with Crippen LogP contribution >= 0.6 is 27.3 Å². The van der Waals surface area contributed by atoms with Gasteiger partial charge in [0.1, 0.15) is 16.4 Å². The van der Waals surface area contributed by atoms with Crippen molar-refractivity contribution in [1.29, 1.82) is 0 Å². The lowest BCUT2D eigenvalue weighted by molar-refractivity contribution is -0.131. The van der Waals surface area contributed by atoms with Gasteiger partial charge >= 0.3 is 0 Å². The number of carbonyl (C=O) groups is 2. The third kappa shape index (κ3) is 6.83. The summed E-state index contributed by atoms with van der Waals surface area (Å²) < 4.78 is 19.4. The highest BCUT2D eigenvalue weighted by Gasteiger charge is 2.25. The van der Waals surface area contributed by atoms with Gasteiger partial charge in [0.05, 0.1) is 33.3 Å². The lowest BCUT2D eigenvalue weighted by Crippen LogP contribution is -2.49. The maximum Gasteiger partial charge on any atom is 0.261 e. The molecule has 0 bridgehead atoms. The van der Waals surface area contributed by atoms with Crippen molar-refractivity contribution in [2.45, 2.75) is 26.3 Å². The molecule has 3 aromatic carbocycles. The highest BCUT2D eigenvalue weighted by atomic mass is 79.9. The van der Waals surface area contributed by atoms with E-state index in [2.05, 4.69) is 26.2 Å². The average Bonchev–Trinajstić information content (AvgIpc) is 3.55. The standard InChI is InChI=1S/C37H32BrFN6O3S/c1-2-43-22-28(36(48)41-26-16-24(20-40-21-26)37-42-30-17-25(38)9-10-33(30)49-37)35(47)27-18-29(39)32(19-31(27)43)44-12-14-45(15-13-44)34(46)11-8-23-6-4-3-5-7-23/h3-7,9-10,16-22H,2,8,11-15H2,1H3,(H,41,48). The fraction of sp³-hybridized carbons (Fsp3) is 0.216. The Kier molecular flexibility index (Phi) is 9.24. The number of fused-ring (bicyclic) bond motifs is 2. The van der Waals surface area contributed by atoms with Crippen LogP contribution < -0.4 is 15.6 Å². The number of halogens is 2. The Morgan fingerprint density at radius 2 is 1.80 bits per heavy atom. The Bertz CT molecular complexity index is 2270. The molecule has 0 spiro atoms. The predicted octanol–water partition coefficient (Wildman–Crippen LogP) is 7.13.